The van der Waals surface area contributed by atoms with Gasteiger partial charge in [0.05, 0.1) is 5.02 Å². The second-order valence-electron chi connectivity index (χ2n) is 4.13. The molecule has 0 saturated carbocycles. The zero-order valence-corrected chi connectivity index (χ0v) is 11.5. The molecule has 2 aromatic carbocycles. The Kier molecular flexibility index (Phi) is 3.78. The van der Waals surface area contributed by atoms with E-state index in [-0.39, 0.29) is 21.8 Å². The fraction of sp³-hybridized carbons (Fsp3) is 0.0714. The topological polar surface area (TPSA) is 43.1 Å². The van der Waals surface area contributed by atoms with Gasteiger partial charge in [-0.25, -0.2) is 4.39 Å². The van der Waals surface area contributed by atoms with Crippen molar-refractivity contribution in [1.82, 2.24) is 0 Å². The van der Waals surface area contributed by atoms with E-state index in [1.54, 1.807) is 13.0 Å². The lowest BCUT2D eigenvalue weighted by Gasteiger charge is -2.07. The summed E-state index contributed by atoms with van der Waals surface area (Å²) >= 11 is 11.7. The molecule has 0 unspecified atom stereocenters. The Morgan fingerprint density at radius 1 is 1.21 bits per heavy atom. The first-order valence-electron chi connectivity index (χ1n) is 5.45. The van der Waals surface area contributed by atoms with Crippen LogP contribution in [-0.4, -0.2) is 5.78 Å². The van der Waals surface area contributed by atoms with Crippen LogP contribution < -0.4 is 5.73 Å². The summed E-state index contributed by atoms with van der Waals surface area (Å²) in [5.41, 5.74) is 6.62. The van der Waals surface area contributed by atoms with Crippen LogP contribution in [0, 0.1) is 12.7 Å². The molecule has 19 heavy (non-hydrogen) atoms. The number of carbonyl (C=O) groups excluding carboxylic acids is 1. The molecule has 0 saturated heterocycles. The Morgan fingerprint density at radius 2 is 1.89 bits per heavy atom. The molecule has 0 bridgehead atoms. The van der Waals surface area contributed by atoms with Gasteiger partial charge >= 0.3 is 0 Å². The third kappa shape index (κ3) is 2.72. The van der Waals surface area contributed by atoms with Gasteiger partial charge in [0, 0.05) is 27.4 Å². The van der Waals surface area contributed by atoms with Crippen molar-refractivity contribution in [2.45, 2.75) is 6.92 Å². The highest BCUT2D eigenvalue weighted by Crippen LogP contribution is 2.25. The number of nitrogens with two attached hydrogens (primary N) is 1. The maximum absolute atomic E-state index is 13.6. The third-order valence-corrected chi connectivity index (χ3v) is 3.37. The standard InChI is InChI=1S/C14H10Cl2FNO/c1-7-12(17)4-8(5-13(7)18)14(19)10-3-2-9(15)6-11(10)16/h2-6H,18H2,1H3. The van der Waals surface area contributed by atoms with Crippen LogP contribution in [0.15, 0.2) is 30.3 Å². The van der Waals surface area contributed by atoms with E-state index >= 15 is 0 Å². The van der Waals surface area contributed by atoms with Crippen molar-refractivity contribution in [2.24, 2.45) is 0 Å². The lowest BCUT2D eigenvalue weighted by Crippen LogP contribution is -2.05. The van der Waals surface area contributed by atoms with Crippen molar-refractivity contribution >= 4 is 34.7 Å². The van der Waals surface area contributed by atoms with Crippen LogP contribution in [0.25, 0.3) is 0 Å². The molecule has 2 rings (SSSR count). The van der Waals surface area contributed by atoms with Gasteiger partial charge in [0.15, 0.2) is 5.78 Å². The van der Waals surface area contributed by atoms with Crippen molar-refractivity contribution in [3.05, 3.63) is 62.9 Å². The number of anilines is 1. The fourth-order valence-electron chi connectivity index (χ4n) is 1.66. The van der Waals surface area contributed by atoms with E-state index in [9.17, 15) is 9.18 Å². The van der Waals surface area contributed by atoms with Gasteiger partial charge in [-0.15, -0.1) is 0 Å². The lowest BCUT2D eigenvalue weighted by molar-refractivity contribution is 0.103. The first-order chi connectivity index (χ1) is 8.90. The summed E-state index contributed by atoms with van der Waals surface area (Å²) in [4.78, 5) is 12.2. The van der Waals surface area contributed by atoms with Crippen LogP contribution in [0.3, 0.4) is 0 Å². The van der Waals surface area contributed by atoms with Gasteiger partial charge in [-0.2, -0.15) is 0 Å². The summed E-state index contributed by atoms with van der Waals surface area (Å²) in [6.45, 7) is 1.55. The Hall–Kier alpha value is -1.58. The molecule has 0 amide bonds. The van der Waals surface area contributed by atoms with Gasteiger partial charge in [0.2, 0.25) is 0 Å². The molecule has 5 heteroatoms. The normalized spacial score (nSPS) is 10.5. The third-order valence-electron chi connectivity index (χ3n) is 2.82. The highest BCUT2D eigenvalue weighted by molar-refractivity contribution is 6.37. The molecule has 2 nitrogen and oxygen atoms in total. The summed E-state index contributed by atoms with van der Waals surface area (Å²) in [5.74, 6) is -0.916. The highest BCUT2D eigenvalue weighted by atomic mass is 35.5. The molecule has 0 atom stereocenters. The maximum atomic E-state index is 13.6. The summed E-state index contributed by atoms with van der Waals surface area (Å²) in [6.07, 6.45) is 0. The van der Waals surface area contributed by atoms with Gasteiger partial charge in [-0.05, 0) is 37.3 Å². The van der Waals surface area contributed by atoms with E-state index in [2.05, 4.69) is 0 Å². The highest BCUT2D eigenvalue weighted by Gasteiger charge is 2.16. The maximum Gasteiger partial charge on any atom is 0.194 e. The molecule has 0 radical (unpaired) electrons. The number of benzene rings is 2. The van der Waals surface area contributed by atoms with Gasteiger partial charge < -0.3 is 5.73 Å². The largest absolute Gasteiger partial charge is 0.398 e. The number of nitrogen functional groups attached to an aromatic ring is 1. The van der Waals surface area contributed by atoms with Crippen LogP contribution in [0.5, 0.6) is 0 Å². The Bertz CT molecular complexity index is 647. The van der Waals surface area contributed by atoms with Crippen molar-refractivity contribution in [1.29, 1.82) is 0 Å². The second kappa shape index (κ2) is 5.19. The van der Waals surface area contributed by atoms with Crippen molar-refractivity contribution in [3.8, 4) is 0 Å². The molecule has 0 fully saturated rings. The van der Waals surface area contributed by atoms with Crippen LogP contribution in [0.2, 0.25) is 10.0 Å². The molecule has 0 aliphatic carbocycles. The van der Waals surface area contributed by atoms with Gasteiger partial charge in [-0.1, -0.05) is 23.2 Å². The van der Waals surface area contributed by atoms with Crippen LogP contribution in [-0.2, 0) is 0 Å². The molecule has 0 spiro atoms. The summed E-state index contributed by atoms with van der Waals surface area (Å²) < 4.78 is 13.6. The first-order valence-corrected chi connectivity index (χ1v) is 6.21. The van der Waals surface area contributed by atoms with E-state index in [0.29, 0.717) is 10.6 Å². The van der Waals surface area contributed by atoms with Crippen molar-refractivity contribution in [2.75, 3.05) is 5.73 Å². The second-order valence-corrected chi connectivity index (χ2v) is 4.97. The molecule has 0 aliphatic heterocycles. The Morgan fingerprint density at radius 3 is 2.47 bits per heavy atom. The first kappa shape index (κ1) is 13.8. The molecule has 0 aliphatic rings. The number of halogens is 3. The molecule has 0 heterocycles. The monoisotopic (exact) mass is 297 g/mol. The van der Waals surface area contributed by atoms with E-state index in [4.69, 9.17) is 28.9 Å². The number of rotatable bonds is 2. The lowest BCUT2D eigenvalue weighted by atomic mass is 10.0. The molecule has 98 valence electrons. The molecule has 0 aromatic heterocycles. The molecular formula is C14H10Cl2FNO. The minimum absolute atomic E-state index is 0.157. The molecular weight excluding hydrogens is 288 g/mol. The zero-order valence-electron chi connectivity index (χ0n) is 10.0. The fourth-order valence-corrected chi connectivity index (χ4v) is 2.15. The minimum atomic E-state index is -0.520. The summed E-state index contributed by atoms with van der Waals surface area (Å²) in [6, 6.07) is 7.10. The van der Waals surface area contributed by atoms with Crippen molar-refractivity contribution in [3.63, 3.8) is 0 Å². The summed E-state index contributed by atoms with van der Waals surface area (Å²) in [7, 11) is 0. The Labute approximate surface area is 119 Å². The van der Waals surface area contributed by atoms with Gasteiger partial charge in [-0.3, -0.25) is 4.79 Å². The smallest absolute Gasteiger partial charge is 0.194 e. The van der Waals surface area contributed by atoms with E-state index in [1.165, 1.54) is 18.2 Å². The van der Waals surface area contributed by atoms with E-state index in [1.807, 2.05) is 0 Å². The number of ketones is 1. The zero-order chi connectivity index (χ0) is 14.2. The quantitative estimate of drug-likeness (QED) is 0.665. The average Bonchev–Trinajstić information content (AvgIpc) is 2.34. The number of hydrogen-bond acceptors (Lipinski definition) is 2. The number of carbonyl (C=O) groups is 1. The minimum Gasteiger partial charge on any atom is -0.398 e. The van der Waals surface area contributed by atoms with Gasteiger partial charge in [0.1, 0.15) is 5.82 Å². The molecule has 2 aromatic rings. The van der Waals surface area contributed by atoms with E-state index < -0.39 is 11.6 Å². The van der Waals surface area contributed by atoms with Crippen molar-refractivity contribution < 1.29 is 9.18 Å². The van der Waals surface area contributed by atoms with Crippen LogP contribution in [0.4, 0.5) is 10.1 Å². The number of hydrogen-bond donors (Lipinski definition) is 1. The summed E-state index contributed by atoms with van der Waals surface area (Å²) in [5, 5.41) is 0.646. The van der Waals surface area contributed by atoms with Crippen LogP contribution in [0.1, 0.15) is 21.5 Å². The predicted molar refractivity (Wildman–Crippen MR) is 75.4 cm³/mol. The van der Waals surface area contributed by atoms with E-state index in [0.717, 1.165) is 6.07 Å². The predicted octanol–water partition coefficient (Wildman–Crippen LogP) is 4.25. The van der Waals surface area contributed by atoms with Crippen LogP contribution >= 0.6 is 23.2 Å². The average molecular weight is 298 g/mol. The SMILES string of the molecule is Cc1c(N)cc(C(=O)c2ccc(Cl)cc2Cl)cc1F. The van der Waals surface area contributed by atoms with Gasteiger partial charge in [0.25, 0.3) is 0 Å². The molecule has 2 N–H and O–H groups in total. The Balaban J connectivity index is 2.50.